The Labute approximate surface area is 165 Å². The van der Waals surface area contributed by atoms with Crippen molar-refractivity contribution in [1.29, 1.82) is 0 Å². The van der Waals surface area contributed by atoms with Gasteiger partial charge in [-0.05, 0) is 36.4 Å². The number of carbonyl (C=O) groups is 1. The Balaban J connectivity index is 1.89. The smallest absolute Gasteiger partial charge is 0.416 e. The lowest BCUT2D eigenvalue weighted by Gasteiger charge is -2.11. The Bertz CT molecular complexity index is 1170. The minimum atomic E-state index is -4.71. The number of anilines is 2. The van der Waals surface area contributed by atoms with Gasteiger partial charge >= 0.3 is 12.1 Å². The van der Waals surface area contributed by atoms with E-state index in [1.807, 2.05) is 0 Å². The molecule has 0 aliphatic rings. The summed E-state index contributed by atoms with van der Waals surface area (Å²) in [5, 5.41) is 18.5. The number of rotatable bonds is 5. The molecule has 2 heterocycles. The molecule has 0 fully saturated rings. The molecule has 30 heavy (non-hydrogen) atoms. The second-order valence-corrected chi connectivity index (χ2v) is 5.76. The van der Waals surface area contributed by atoms with Gasteiger partial charge in [-0.25, -0.2) is 14.2 Å². The third-order valence-corrected chi connectivity index (χ3v) is 3.70. The van der Waals surface area contributed by atoms with Crippen molar-refractivity contribution in [2.45, 2.75) is 6.18 Å². The largest absolute Gasteiger partial charge is 0.478 e. The van der Waals surface area contributed by atoms with Crippen LogP contribution in [-0.2, 0) is 11.0 Å². The fourth-order valence-electron chi connectivity index (χ4n) is 2.31. The van der Waals surface area contributed by atoms with Crippen LogP contribution in [0.3, 0.4) is 0 Å². The van der Waals surface area contributed by atoms with Gasteiger partial charge < -0.3 is 10.4 Å². The minimum absolute atomic E-state index is 0.0609. The standard InChI is InChI=1S/C18H11F4N5O3/c19-12-9-10(18(20,21)22)1-4-13(12)24-16-17(30)27(8-7-23-16)14-5-2-11(25-26-14)3-6-15(28)29/h1-9H,(H,23,24)(H,28,29)/b6-3+. The summed E-state index contributed by atoms with van der Waals surface area (Å²) in [6.45, 7) is 0. The van der Waals surface area contributed by atoms with Gasteiger partial charge in [-0.3, -0.25) is 9.36 Å². The predicted molar refractivity (Wildman–Crippen MR) is 96.8 cm³/mol. The van der Waals surface area contributed by atoms with E-state index in [2.05, 4.69) is 20.5 Å². The number of benzene rings is 1. The maximum Gasteiger partial charge on any atom is 0.416 e. The molecule has 154 valence electrons. The van der Waals surface area contributed by atoms with Crippen molar-refractivity contribution in [3.05, 3.63) is 76.2 Å². The highest BCUT2D eigenvalue weighted by atomic mass is 19.4. The van der Waals surface area contributed by atoms with Gasteiger partial charge in [0.15, 0.2) is 11.6 Å². The van der Waals surface area contributed by atoms with Gasteiger partial charge in [0.05, 0.1) is 16.9 Å². The van der Waals surface area contributed by atoms with Crippen molar-refractivity contribution in [3.8, 4) is 5.82 Å². The van der Waals surface area contributed by atoms with Crippen LogP contribution in [0.1, 0.15) is 11.3 Å². The lowest BCUT2D eigenvalue weighted by Crippen LogP contribution is -2.23. The molecule has 3 aromatic rings. The summed E-state index contributed by atoms with van der Waals surface area (Å²) >= 11 is 0. The molecule has 2 N–H and O–H groups in total. The van der Waals surface area contributed by atoms with Crippen LogP contribution >= 0.6 is 0 Å². The second kappa shape index (κ2) is 8.11. The van der Waals surface area contributed by atoms with E-state index in [0.29, 0.717) is 12.1 Å². The molecule has 8 nitrogen and oxygen atoms in total. The van der Waals surface area contributed by atoms with Crippen LogP contribution in [0.2, 0.25) is 0 Å². The first kappa shape index (κ1) is 20.6. The molecule has 1 aromatic carbocycles. The topological polar surface area (TPSA) is 110 Å². The number of nitrogens with one attached hydrogen (secondary N) is 1. The van der Waals surface area contributed by atoms with Gasteiger partial charge in [0.1, 0.15) is 5.82 Å². The van der Waals surface area contributed by atoms with E-state index in [4.69, 9.17) is 5.11 Å². The van der Waals surface area contributed by atoms with Crippen LogP contribution in [0.25, 0.3) is 11.9 Å². The molecule has 0 saturated carbocycles. The third kappa shape index (κ3) is 4.66. The Morgan fingerprint density at radius 1 is 1.17 bits per heavy atom. The molecule has 0 spiro atoms. The van der Waals surface area contributed by atoms with Crippen molar-refractivity contribution in [3.63, 3.8) is 0 Å². The fraction of sp³-hybridized carbons (Fsp3) is 0.0556. The molecule has 0 aliphatic heterocycles. The Hall–Kier alpha value is -4.09. The first-order chi connectivity index (χ1) is 14.1. The van der Waals surface area contributed by atoms with Crippen molar-refractivity contribution >= 4 is 23.6 Å². The molecule has 0 radical (unpaired) electrons. The summed E-state index contributed by atoms with van der Waals surface area (Å²) in [6.07, 6.45) is -0.182. The quantitative estimate of drug-likeness (QED) is 0.481. The average molecular weight is 421 g/mol. The van der Waals surface area contributed by atoms with Crippen LogP contribution < -0.4 is 10.9 Å². The van der Waals surface area contributed by atoms with Gasteiger partial charge in [-0.1, -0.05) is 0 Å². The van der Waals surface area contributed by atoms with Crippen molar-refractivity contribution in [1.82, 2.24) is 19.7 Å². The summed E-state index contributed by atoms with van der Waals surface area (Å²) in [7, 11) is 0. The van der Waals surface area contributed by atoms with Gasteiger partial charge in [0.2, 0.25) is 0 Å². The Morgan fingerprint density at radius 3 is 2.53 bits per heavy atom. The summed E-state index contributed by atoms with van der Waals surface area (Å²) in [6, 6.07) is 4.62. The van der Waals surface area contributed by atoms with Crippen LogP contribution in [0.4, 0.5) is 29.1 Å². The molecule has 0 atom stereocenters. The Kier molecular flexibility index (Phi) is 5.58. The molecule has 12 heteroatoms. The number of halogens is 4. The highest BCUT2D eigenvalue weighted by molar-refractivity contribution is 5.84. The summed E-state index contributed by atoms with van der Waals surface area (Å²) in [5.41, 5.74) is -2.07. The molecule has 0 unspecified atom stereocenters. The fourth-order valence-corrected chi connectivity index (χ4v) is 2.31. The van der Waals surface area contributed by atoms with Gasteiger partial charge in [-0.15, -0.1) is 10.2 Å². The second-order valence-electron chi connectivity index (χ2n) is 5.76. The van der Waals surface area contributed by atoms with E-state index in [9.17, 15) is 27.2 Å². The zero-order valence-electron chi connectivity index (χ0n) is 14.8. The summed E-state index contributed by atoms with van der Waals surface area (Å²) in [5.74, 6) is -2.67. The van der Waals surface area contributed by atoms with Crippen LogP contribution in [-0.4, -0.2) is 30.8 Å². The maximum atomic E-state index is 14.0. The van der Waals surface area contributed by atoms with Gasteiger partial charge in [-0.2, -0.15) is 13.2 Å². The highest BCUT2D eigenvalue weighted by Gasteiger charge is 2.31. The molecular formula is C18H11F4N5O3. The molecule has 0 aliphatic carbocycles. The monoisotopic (exact) mass is 421 g/mol. The van der Waals surface area contributed by atoms with Crippen molar-refractivity contribution in [2.24, 2.45) is 0 Å². The van der Waals surface area contributed by atoms with Gasteiger partial charge in [0, 0.05) is 18.5 Å². The third-order valence-electron chi connectivity index (χ3n) is 3.70. The normalized spacial score (nSPS) is 11.6. The van der Waals surface area contributed by atoms with Crippen LogP contribution in [0, 0.1) is 5.82 Å². The zero-order valence-corrected chi connectivity index (χ0v) is 14.8. The number of alkyl halides is 3. The molecule has 2 aromatic heterocycles. The SMILES string of the molecule is O=C(O)/C=C/c1ccc(-n2ccnc(Nc3ccc(C(F)(F)F)cc3F)c2=O)nn1. The number of aromatic nitrogens is 4. The van der Waals surface area contributed by atoms with E-state index >= 15 is 0 Å². The highest BCUT2D eigenvalue weighted by Crippen LogP contribution is 2.31. The molecule has 0 amide bonds. The number of hydrogen-bond acceptors (Lipinski definition) is 6. The summed E-state index contributed by atoms with van der Waals surface area (Å²) < 4.78 is 53.0. The molecule has 0 bridgehead atoms. The molecule has 3 rings (SSSR count). The van der Waals surface area contributed by atoms with E-state index < -0.39 is 29.1 Å². The van der Waals surface area contributed by atoms with E-state index in [0.717, 1.165) is 16.7 Å². The van der Waals surface area contributed by atoms with E-state index in [1.54, 1.807) is 0 Å². The lowest BCUT2D eigenvalue weighted by molar-refractivity contribution is -0.137. The number of hydrogen-bond donors (Lipinski definition) is 2. The van der Waals surface area contributed by atoms with Gasteiger partial charge in [0.25, 0.3) is 5.56 Å². The number of carboxylic acid groups (broad SMARTS) is 1. The average Bonchev–Trinajstić information content (AvgIpc) is 2.69. The predicted octanol–water partition coefficient (Wildman–Crippen LogP) is 3.02. The molecular weight excluding hydrogens is 410 g/mol. The lowest BCUT2D eigenvalue weighted by atomic mass is 10.2. The van der Waals surface area contributed by atoms with E-state index in [1.165, 1.54) is 30.6 Å². The van der Waals surface area contributed by atoms with Crippen molar-refractivity contribution in [2.75, 3.05) is 5.32 Å². The number of nitrogens with zero attached hydrogens (tertiary/aromatic N) is 4. The zero-order chi connectivity index (χ0) is 21.9. The maximum absolute atomic E-state index is 14.0. The molecule has 0 saturated heterocycles. The van der Waals surface area contributed by atoms with Crippen LogP contribution in [0.5, 0.6) is 0 Å². The number of carboxylic acids is 1. The summed E-state index contributed by atoms with van der Waals surface area (Å²) in [4.78, 5) is 26.9. The first-order valence-corrected chi connectivity index (χ1v) is 8.11. The Morgan fingerprint density at radius 2 is 1.93 bits per heavy atom. The minimum Gasteiger partial charge on any atom is -0.478 e. The van der Waals surface area contributed by atoms with Crippen LogP contribution in [0.15, 0.2) is 53.6 Å². The van der Waals surface area contributed by atoms with E-state index in [-0.39, 0.29) is 23.0 Å². The first-order valence-electron chi connectivity index (χ1n) is 8.11. The number of aliphatic carboxylic acids is 1. The van der Waals surface area contributed by atoms with Crippen molar-refractivity contribution < 1.29 is 27.5 Å².